The summed E-state index contributed by atoms with van der Waals surface area (Å²) in [7, 11) is 1.85. The smallest absolute Gasteiger partial charge is 0.224 e. The maximum absolute atomic E-state index is 13.3. The van der Waals surface area contributed by atoms with Crippen LogP contribution in [0.25, 0.3) is 0 Å². The number of nitrogens with one attached hydrogen (secondary N) is 2. The molecule has 0 aliphatic heterocycles. The first-order valence-electron chi connectivity index (χ1n) is 7.06. The third-order valence-electron chi connectivity index (χ3n) is 3.22. The molecular weight excluding hydrogens is 259 g/mol. The predicted octanol–water partition coefficient (Wildman–Crippen LogP) is 2.55. The molecule has 0 saturated heterocycles. The van der Waals surface area contributed by atoms with Gasteiger partial charge in [0, 0.05) is 12.5 Å². The van der Waals surface area contributed by atoms with Crippen LogP contribution in [0.1, 0.15) is 25.7 Å². The number of rotatable bonds is 8. The molecule has 0 radical (unpaired) electrons. The van der Waals surface area contributed by atoms with E-state index in [1.54, 1.807) is 6.07 Å². The van der Waals surface area contributed by atoms with Crippen molar-refractivity contribution in [3.8, 4) is 5.75 Å². The summed E-state index contributed by atoms with van der Waals surface area (Å²) in [5, 5.41) is 5.77. The molecule has 5 heteroatoms. The first-order valence-corrected chi connectivity index (χ1v) is 7.06. The molecule has 1 saturated carbocycles. The summed E-state index contributed by atoms with van der Waals surface area (Å²) in [5.74, 6) is 0.559. The van der Waals surface area contributed by atoms with Gasteiger partial charge in [-0.1, -0.05) is 0 Å². The second kappa shape index (κ2) is 7.24. The van der Waals surface area contributed by atoms with E-state index in [-0.39, 0.29) is 11.7 Å². The fraction of sp³-hybridized carbons (Fsp3) is 0.533. The fourth-order valence-corrected chi connectivity index (χ4v) is 1.85. The third-order valence-corrected chi connectivity index (χ3v) is 3.22. The molecule has 1 amide bonds. The Balaban J connectivity index is 1.92. The molecule has 0 bridgehead atoms. The Morgan fingerprint density at radius 1 is 1.45 bits per heavy atom. The van der Waals surface area contributed by atoms with Crippen molar-refractivity contribution in [3.05, 3.63) is 24.0 Å². The minimum atomic E-state index is -0.357. The highest BCUT2D eigenvalue weighted by atomic mass is 19.1. The standard InChI is InChI=1S/C15H21FN2O2/c1-17-8-2-3-15(19)18-13-7-6-12(16)9-14(13)20-10-11-4-5-11/h6-7,9,11,17H,2-5,8,10H2,1H3,(H,18,19). The monoisotopic (exact) mass is 280 g/mol. The lowest BCUT2D eigenvalue weighted by Gasteiger charge is -2.12. The average Bonchev–Trinajstić information content (AvgIpc) is 3.23. The van der Waals surface area contributed by atoms with Gasteiger partial charge >= 0.3 is 0 Å². The van der Waals surface area contributed by atoms with Crippen LogP contribution in [0.15, 0.2) is 18.2 Å². The van der Waals surface area contributed by atoms with Gasteiger partial charge in [0.2, 0.25) is 5.91 Å². The quantitative estimate of drug-likeness (QED) is 0.720. The maximum Gasteiger partial charge on any atom is 0.224 e. The van der Waals surface area contributed by atoms with Crippen molar-refractivity contribution in [2.75, 3.05) is 25.5 Å². The van der Waals surface area contributed by atoms with E-state index in [0.717, 1.165) is 13.0 Å². The van der Waals surface area contributed by atoms with Gasteiger partial charge in [-0.3, -0.25) is 4.79 Å². The number of carbonyl (C=O) groups is 1. The number of benzene rings is 1. The predicted molar refractivity (Wildman–Crippen MR) is 76.4 cm³/mol. The summed E-state index contributed by atoms with van der Waals surface area (Å²) in [6, 6.07) is 4.20. The molecule has 2 rings (SSSR count). The van der Waals surface area contributed by atoms with E-state index >= 15 is 0 Å². The third kappa shape index (κ3) is 4.81. The van der Waals surface area contributed by atoms with Crippen LogP contribution in [-0.2, 0) is 4.79 Å². The molecule has 110 valence electrons. The number of amides is 1. The number of anilines is 1. The van der Waals surface area contributed by atoms with Crippen LogP contribution < -0.4 is 15.4 Å². The van der Waals surface area contributed by atoms with Gasteiger partial charge in [0.15, 0.2) is 0 Å². The first-order chi connectivity index (χ1) is 9.69. The van der Waals surface area contributed by atoms with Gasteiger partial charge in [-0.15, -0.1) is 0 Å². The highest BCUT2D eigenvalue weighted by molar-refractivity contribution is 5.92. The van der Waals surface area contributed by atoms with E-state index in [1.165, 1.54) is 25.0 Å². The second-order valence-electron chi connectivity index (χ2n) is 5.15. The largest absolute Gasteiger partial charge is 0.491 e. The van der Waals surface area contributed by atoms with E-state index in [1.807, 2.05) is 7.05 Å². The van der Waals surface area contributed by atoms with Crippen molar-refractivity contribution in [2.45, 2.75) is 25.7 Å². The summed E-state index contributed by atoms with van der Waals surface area (Å²) in [4.78, 5) is 11.8. The number of hydrogen-bond acceptors (Lipinski definition) is 3. The van der Waals surface area contributed by atoms with Gasteiger partial charge in [-0.05, 0) is 50.9 Å². The lowest BCUT2D eigenvalue weighted by Crippen LogP contribution is -2.16. The number of hydrogen-bond donors (Lipinski definition) is 2. The second-order valence-corrected chi connectivity index (χ2v) is 5.15. The van der Waals surface area contributed by atoms with E-state index in [2.05, 4.69) is 10.6 Å². The highest BCUT2D eigenvalue weighted by Gasteiger charge is 2.22. The normalized spacial score (nSPS) is 14.1. The number of halogens is 1. The SMILES string of the molecule is CNCCCC(=O)Nc1ccc(F)cc1OCC1CC1. The molecule has 1 aromatic rings. The molecule has 1 aliphatic carbocycles. The molecule has 1 aliphatic rings. The van der Waals surface area contributed by atoms with Crippen LogP contribution in [0.5, 0.6) is 5.75 Å². The minimum absolute atomic E-state index is 0.0804. The van der Waals surface area contributed by atoms with Gasteiger partial charge in [0.05, 0.1) is 12.3 Å². The van der Waals surface area contributed by atoms with Crippen LogP contribution in [0.3, 0.4) is 0 Å². The molecule has 4 nitrogen and oxygen atoms in total. The van der Waals surface area contributed by atoms with Crippen LogP contribution in [0.4, 0.5) is 10.1 Å². The van der Waals surface area contributed by atoms with Crippen molar-refractivity contribution in [3.63, 3.8) is 0 Å². The molecule has 2 N–H and O–H groups in total. The minimum Gasteiger partial charge on any atom is -0.491 e. The molecular formula is C15H21FN2O2. The zero-order valence-corrected chi connectivity index (χ0v) is 11.7. The van der Waals surface area contributed by atoms with Crippen LogP contribution in [-0.4, -0.2) is 26.1 Å². The molecule has 0 atom stereocenters. The van der Waals surface area contributed by atoms with Crippen LogP contribution in [0, 0.1) is 11.7 Å². The zero-order valence-electron chi connectivity index (χ0n) is 11.7. The van der Waals surface area contributed by atoms with E-state index in [9.17, 15) is 9.18 Å². The molecule has 20 heavy (non-hydrogen) atoms. The topological polar surface area (TPSA) is 50.4 Å². The van der Waals surface area contributed by atoms with Crippen molar-refractivity contribution < 1.29 is 13.9 Å². The van der Waals surface area contributed by atoms with E-state index in [0.29, 0.717) is 30.4 Å². The lowest BCUT2D eigenvalue weighted by atomic mass is 10.2. The Bertz CT molecular complexity index is 461. The zero-order chi connectivity index (χ0) is 14.4. The molecule has 0 aromatic heterocycles. The van der Waals surface area contributed by atoms with Crippen molar-refractivity contribution in [1.82, 2.24) is 5.32 Å². The Kier molecular flexibility index (Phi) is 5.35. The number of ether oxygens (including phenoxy) is 1. The summed E-state index contributed by atoms with van der Waals surface area (Å²) >= 11 is 0. The Morgan fingerprint density at radius 2 is 2.25 bits per heavy atom. The Hall–Kier alpha value is -1.62. The maximum atomic E-state index is 13.3. The molecule has 0 heterocycles. The number of carbonyl (C=O) groups excluding carboxylic acids is 1. The first kappa shape index (κ1) is 14.8. The summed E-state index contributed by atoms with van der Waals surface area (Å²) in [6.45, 7) is 1.38. The van der Waals surface area contributed by atoms with Crippen molar-refractivity contribution in [2.24, 2.45) is 5.92 Å². The Labute approximate surface area is 118 Å². The van der Waals surface area contributed by atoms with Crippen molar-refractivity contribution >= 4 is 11.6 Å². The molecule has 0 unspecified atom stereocenters. The Morgan fingerprint density at radius 3 is 2.95 bits per heavy atom. The average molecular weight is 280 g/mol. The van der Waals surface area contributed by atoms with Gasteiger partial charge in [0.25, 0.3) is 0 Å². The summed E-state index contributed by atoms with van der Waals surface area (Å²) in [6.07, 6.45) is 3.53. The van der Waals surface area contributed by atoms with Gasteiger partial charge in [-0.25, -0.2) is 4.39 Å². The molecule has 0 spiro atoms. The van der Waals surface area contributed by atoms with E-state index < -0.39 is 0 Å². The lowest BCUT2D eigenvalue weighted by molar-refractivity contribution is -0.116. The highest BCUT2D eigenvalue weighted by Crippen LogP contribution is 2.32. The fourth-order valence-electron chi connectivity index (χ4n) is 1.85. The molecule has 1 aromatic carbocycles. The van der Waals surface area contributed by atoms with Gasteiger partial charge < -0.3 is 15.4 Å². The van der Waals surface area contributed by atoms with Crippen molar-refractivity contribution in [1.29, 1.82) is 0 Å². The summed E-state index contributed by atoms with van der Waals surface area (Å²) in [5.41, 5.74) is 0.543. The van der Waals surface area contributed by atoms with Gasteiger partial charge in [0.1, 0.15) is 11.6 Å². The van der Waals surface area contributed by atoms with Crippen LogP contribution >= 0.6 is 0 Å². The van der Waals surface area contributed by atoms with Gasteiger partial charge in [-0.2, -0.15) is 0 Å². The van der Waals surface area contributed by atoms with E-state index in [4.69, 9.17) is 4.74 Å². The van der Waals surface area contributed by atoms with Crippen LogP contribution in [0.2, 0.25) is 0 Å². The molecule has 1 fully saturated rings. The summed E-state index contributed by atoms with van der Waals surface area (Å²) < 4.78 is 18.9.